The van der Waals surface area contributed by atoms with Crippen LogP contribution in [0.15, 0.2) is 18.2 Å². The van der Waals surface area contributed by atoms with Crippen molar-refractivity contribution in [3.63, 3.8) is 0 Å². The smallest absolute Gasteiger partial charge is 0.221 e. The molecule has 0 saturated heterocycles. The maximum atomic E-state index is 10.9. The van der Waals surface area contributed by atoms with Gasteiger partial charge in [-0.3, -0.25) is 4.79 Å². The Bertz CT molecular complexity index is 364. The molecule has 1 aliphatic rings. The Morgan fingerprint density at radius 2 is 1.86 bits per heavy atom. The zero-order valence-electron chi connectivity index (χ0n) is 8.58. The predicted octanol–water partition coefficient (Wildman–Crippen LogP) is 1.89. The van der Waals surface area contributed by atoms with Gasteiger partial charge in [-0.25, -0.2) is 0 Å². The van der Waals surface area contributed by atoms with Gasteiger partial charge in [0.05, 0.1) is 0 Å². The molecular formula is C12H15NO. The number of primary amides is 1. The second-order valence-electron chi connectivity index (χ2n) is 4.27. The lowest BCUT2D eigenvalue weighted by Crippen LogP contribution is -2.13. The Hall–Kier alpha value is -1.31. The van der Waals surface area contributed by atoms with E-state index >= 15 is 0 Å². The van der Waals surface area contributed by atoms with Crippen LogP contribution in [0, 0.1) is 19.8 Å². The lowest BCUT2D eigenvalue weighted by atomic mass is 10.0. The van der Waals surface area contributed by atoms with Gasteiger partial charge in [0.1, 0.15) is 0 Å². The standard InChI is InChI=1S/C12H15NO/c1-7-3-8(2)5-9(4-7)10-6-11(10)12(13)14/h3-5,10-11H,6H2,1-2H3,(H2,13,14). The predicted molar refractivity (Wildman–Crippen MR) is 56.0 cm³/mol. The minimum absolute atomic E-state index is 0.0798. The number of nitrogens with two attached hydrogens (primary N) is 1. The summed E-state index contributed by atoms with van der Waals surface area (Å²) >= 11 is 0. The van der Waals surface area contributed by atoms with E-state index in [4.69, 9.17) is 5.73 Å². The van der Waals surface area contributed by atoms with Crippen molar-refractivity contribution in [2.75, 3.05) is 0 Å². The van der Waals surface area contributed by atoms with E-state index in [1.54, 1.807) is 0 Å². The molecule has 0 aliphatic heterocycles. The third kappa shape index (κ3) is 1.65. The SMILES string of the molecule is Cc1cc(C)cc(C2CC2C(N)=O)c1. The summed E-state index contributed by atoms with van der Waals surface area (Å²) in [5.74, 6) is 0.302. The highest BCUT2D eigenvalue weighted by Gasteiger charge is 2.42. The molecule has 1 saturated carbocycles. The minimum Gasteiger partial charge on any atom is -0.369 e. The number of amides is 1. The fourth-order valence-corrected chi connectivity index (χ4v) is 2.10. The van der Waals surface area contributed by atoms with Crippen LogP contribution in [0.3, 0.4) is 0 Å². The molecule has 0 spiro atoms. The summed E-state index contributed by atoms with van der Waals surface area (Å²) in [4.78, 5) is 10.9. The number of aryl methyl sites for hydroxylation is 2. The Balaban J connectivity index is 2.23. The minimum atomic E-state index is -0.158. The highest BCUT2D eigenvalue weighted by Crippen LogP contribution is 2.47. The summed E-state index contributed by atoms with van der Waals surface area (Å²) in [6.07, 6.45) is 0.929. The summed E-state index contributed by atoms with van der Waals surface area (Å²) in [7, 11) is 0. The third-order valence-electron chi connectivity index (χ3n) is 2.83. The van der Waals surface area contributed by atoms with Gasteiger partial charge in [-0.05, 0) is 31.7 Å². The van der Waals surface area contributed by atoms with E-state index < -0.39 is 0 Å². The maximum Gasteiger partial charge on any atom is 0.221 e. The van der Waals surface area contributed by atoms with E-state index in [0.717, 1.165) is 6.42 Å². The second-order valence-corrected chi connectivity index (χ2v) is 4.27. The molecule has 1 aromatic carbocycles. The van der Waals surface area contributed by atoms with Gasteiger partial charge in [0, 0.05) is 5.92 Å². The van der Waals surface area contributed by atoms with Gasteiger partial charge in [-0.15, -0.1) is 0 Å². The monoisotopic (exact) mass is 189 g/mol. The van der Waals surface area contributed by atoms with Crippen molar-refractivity contribution in [3.8, 4) is 0 Å². The van der Waals surface area contributed by atoms with E-state index in [-0.39, 0.29) is 11.8 Å². The number of benzene rings is 1. The van der Waals surface area contributed by atoms with Crippen molar-refractivity contribution in [1.29, 1.82) is 0 Å². The van der Waals surface area contributed by atoms with E-state index in [2.05, 4.69) is 32.0 Å². The fourth-order valence-electron chi connectivity index (χ4n) is 2.10. The first-order valence-corrected chi connectivity index (χ1v) is 4.95. The van der Waals surface area contributed by atoms with E-state index in [1.807, 2.05) is 0 Å². The quantitative estimate of drug-likeness (QED) is 0.758. The van der Waals surface area contributed by atoms with Gasteiger partial charge in [0.2, 0.25) is 5.91 Å². The lowest BCUT2D eigenvalue weighted by molar-refractivity contribution is -0.119. The van der Waals surface area contributed by atoms with E-state index in [0.29, 0.717) is 5.92 Å². The first-order chi connectivity index (χ1) is 6.58. The Labute approximate surface area is 84.1 Å². The average molecular weight is 189 g/mol. The van der Waals surface area contributed by atoms with Crippen LogP contribution in [0.4, 0.5) is 0 Å². The molecule has 1 aliphatic carbocycles. The summed E-state index contributed by atoms with van der Waals surface area (Å²) in [5.41, 5.74) is 9.05. The summed E-state index contributed by atoms with van der Waals surface area (Å²) in [6, 6.07) is 6.45. The molecule has 1 fully saturated rings. The number of rotatable bonds is 2. The molecule has 2 nitrogen and oxygen atoms in total. The molecule has 1 aromatic rings. The molecule has 2 rings (SSSR count). The number of carbonyl (C=O) groups excluding carboxylic acids is 1. The van der Waals surface area contributed by atoms with Gasteiger partial charge in [-0.2, -0.15) is 0 Å². The van der Waals surface area contributed by atoms with Gasteiger partial charge in [-0.1, -0.05) is 29.3 Å². The van der Waals surface area contributed by atoms with Crippen LogP contribution in [0.1, 0.15) is 29.0 Å². The topological polar surface area (TPSA) is 43.1 Å². The molecule has 14 heavy (non-hydrogen) atoms. The molecule has 2 atom stereocenters. The highest BCUT2D eigenvalue weighted by molar-refractivity contribution is 5.81. The van der Waals surface area contributed by atoms with Crippen molar-refractivity contribution >= 4 is 5.91 Å². The van der Waals surface area contributed by atoms with Crippen molar-refractivity contribution in [2.45, 2.75) is 26.2 Å². The maximum absolute atomic E-state index is 10.9. The normalized spacial score (nSPS) is 24.7. The zero-order valence-corrected chi connectivity index (χ0v) is 8.58. The third-order valence-corrected chi connectivity index (χ3v) is 2.83. The van der Waals surface area contributed by atoms with Crippen molar-refractivity contribution < 1.29 is 4.79 Å². The Morgan fingerprint density at radius 1 is 1.29 bits per heavy atom. The molecule has 0 bridgehead atoms. The number of hydrogen-bond donors (Lipinski definition) is 1. The molecule has 2 unspecified atom stereocenters. The van der Waals surface area contributed by atoms with Crippen LogP contribution in [-0.4, -0.2) is 5.91 Å². The summed E-state index contributed by atoms with van der Waals surface area (Å²) in [6.45, 7) is 4.16. The molecule has 1 amide bonds. The zero-order chi connectivity index (χ0) is 10.3. The van der Waals surface area contributed by atoms with Crippen molar-refractivity contribution in [1.82, 2.24) is 0 Å². The largest absolute Gasteiger partial charge is 0.369 e. The van der Waals surface area contributed by atoms with Crippen LogP contribution in [0.5, 0.6) is 0 Å². The number of carbonyl (C=O) groups is 1. The van der Waals surface area contributed by atoms with Gasteiger partial charge < -0.3 is 5.73 Å². The van der Waals surface area contributed by atoms with E-state index in [1.165, 1.54) is 16.7 Å². The second kappa shape index (κ2) is 3.12. The van der Waals surface area contributed by atoms with Crippen LogP contribution < -0.4 is 5.73 Å². The first-order valence-electron chi connectivity index (χ1n) is 4.95. The van der Waals surface area contributed by atoms with Crippen LogP contribution >= 0.6 is 0 Å². The Morgan fingerprint density at radius 3 is 2.29 bits per heavy atom. The van der Waals surface area contributed by atoms with Crippen molar-refractivity contribution in [3.05, 3.63) is 34.9 Å². The van der Waals surface area contributed by atoms with Crippen molar-refractivity contribution in [2.24, 2.45) is 11.7 Å². The van der Waals surface area contributed by atoms with Gasteiger partial charge in [0.25, 0.3) is 0 Å². The molecule has 74 valence electrons. The average Bonchev–Trinajstić information content (AvgIpc) is 2.79. The van der Waals surface area contributed by atoms with E-state index in [9.17, 15) is 4.79 Å². The first kappa shape index (κ1) is 9.25. The number of hydrogen-bond acceptors (Lipinski definition) is 1. The molecule has 0 heterocycles. The van der Waals surface area contributed by atoms with Crippen LogP contribution in [0.2, 0.25) is 0 Å². The highest BCUT2D eigenvalue weighted by atomic mass is 16.1. The Kier molecular flexibility index (Phi) is 2.06. The lowest BCUT2D eigenvalue weighted by Gasteiger charge is -2.03. The molecular weight excluding hydrogens is 174 g/mol. The molecule has 0 aromatic heterocycles. The van der Waals surface area contributed by atoms with Gasteiger partial charge >= 0.3 is 0 Å². The fraction of sp³-hybridized carbons (Fsp3) is 0.417. The molecule has 2 N–H and O–H groups in total. The van der Waals surface area contributed by atoms with Crippen LogP contribution in [0.25, 0.3) is 0 Å². The summed E-state index contributed by atoms with van der Waals surface area (Å²) in [5, 5.41) is 0. The van der Waals surface area contributed by atoms with Crippen LogP contribution in [-0.2, 0) is 4.79 Å². The molecule has 2 heteroatoms. The van der Waals surface area contributed by atoms with Gasteiger partial charge in [0.15, 0.2) is 0 Å². The molecule has 0 radical (unpaired) electrons. The summed E-state index contributed by atoms with van der Waals surface area (Å²) < 4.78 is 0.